The molecule has 6 nitrogen and oxygen atoms in total. The Kier molecular flexibility index (Phi) is 3.93. The van der Waals surface area contributed by atoms with Gasteiger partial charge in [-0.15, -0.1) is 0 Å². The Balaban J connectivity index is 1.52. The van der Waals surface area contributed by atoms with E-state index in [2.05, 4.69) is 17.3 Å². The van der Waals surface area contributed by atoms with Crippen LogP contribution in [0.3, 0.4) is 0 Å². The molecule has 25 heavy (non-hydrogen) atoms. The number of aryl methyl sites for hydroxylation is 1. The van der Waals surface area contributed by atoms with E-state index in [1.54, 1.807) is 4.68 Å². The van der Waals surface area contributed by atoms with Gasteiger partial charge in [-0.1, -0.05) is 12.2 Å². The summed E-state index contributed by atoms with van der Waals surface area (Å²) in [6.45, 7) is 1.48. The average molecular weight is 342 g/mol. The van der Waals surface area contributed by atoms with Crippen molar-refractivity contribution < 1.29 is 9.59 Å². The van der Waals surface area contributed by atoms with Crippen molar-refractivity contribution >= 4 is 11.8 Å². The van der Waals surface area contributed by atoms with Gasteiger partial charge in [-0.05, 0) is 31.2 Å². The lowest BCUT2D eigenvalue weighted by Crippen LogP contribution is -2.55. The van der Waals surface area contributed by atoms with Gasteiger partial charge in [0.05, 0.1) is 11.7 Å². The molecule has 3 aliphatic rings. The Hall–Kier alpha value is -2.11. The van der Waals surface area contributed by atoms with Crippen LogP contribution in [0.1, 0.15) is 43.6 Å². The van der Waals surface area contributed by atoms with Crippen molar-refractivity contribution in [3.8, 4) is 0 Å². The maximum atomic E-state index is 12.7. The van der Waals surface area contributed by atoms with Crippen LogP contribution >= 0.6 is 0 Å². The van der Waals surface area contributed by atoms with Gasteiger partial charge in [-0.3, -0.25) is 14.3 Å². The van der Waals surface area contributed by atoms with Gasteiger partial charge in [0.15, 0.2) is 0 Å². The normalized spacial score (nSPS) is 26.2. The fourth-order valence-electron chi connectivity index (χ4n) is 4.91. The highest BCUT2D eigenvalue weighted by Gasteiger charge is 2.53. The molecule has 134 valence electrons. The summed E-state index contributed by atoms with van der Waals surface area (Å²) in [5.41, 5.74) is 0.963. The third-order valence-corrected chi connectivity index (χ3v) is 6.49. The fraction of sp³-hybridized carbons (Fsp3) is 0.632. The first-order valence-corrected chi connectivity index (χ1v) is 9.20. The maximum absolute atomic E-state index is 12.7. The van der Waals surface area contributed by atoms with Gasteiger partial charge in [-0.25, -0.2) is 0 Å². The number of carbonyl (C=O) groups excluding carboxylic acids is 2. The van der Waals surface area contributed by atoms with E-state index in [1.807, 2.05) is 36.3 Å². The van der Waals surface area contributed by atoms with E-state index in [0.29, 0.717) is 6.42 Å². The second-order valence-electron chi connectivity index (χ2n) is 7.73. The van der Waals surface area contributed by atoms with Gasteiger partial charge in [0.1, 0.15) is 0 Å². The van der Waals surface area contributed by atoms with Gasteiger partial charge in [-0.2, -0.15) is 5.10 Å². The van der Waals surface area contributed by atoms with E-state index in [9.17, 15) is 9.59 Å². The SMILES string of the molecule is CN1C(=O)CC(c2cnn(C)c2)C12CCN(C(=O)C1CC=CC1)CC2. The molecule has 0 bridgehead atoms. The summed E-state index contributed by atoms with van der Waals surface area (Å²) in [4.78, 5) is 29.1. The molecule has 1 unspecified atom stereocenters. The number of carbonyl (C=O) groups is 2. The first-order valence-electron chi connectivity index (χ1n) is 9.20. The minimum absolute atomic E-state index is 0.131. The third kappa shape index (κ3) is 2.58. The Bertz CT molecular complexity index is 707. The first kappa shape index (κ1) is 16.4. The quantitative estimate of drug-likeness (QED) is 0.769. The second-order valence-corrected chi connectivity index (χ2v) is 7.73. The van der Waals surface area contributed by atoms with Crippen LogP contribution in [0.15, 0.2) is 24.5 Å². The number of aromatic nitrogens is 2. The van der Waals surface area contributed by atoms with Crippen molar-refractivity contribution in [2.45, 2.75) is 43.6 Å². The van der Waals surface area contributed by atoms with Crippen LogP contribution in [-0.4, -0.2) is 57.1 Å². The van der Waals surface area contributed by atoms with Crippen LogP contribution in [0, 0.1) is 5.92 Å². The predicted molar refractivity (Wildman–Crippen MR) is 93.7 cm³/mol. The molecule has 0 N–H and O–H groups in total. The van der Waals surface area contributed by atoms with Crippen LogP contribution in [0.2, 0.25) is 0 Å². The lowest BCUT2D eigenvalue weighted by Gasteiger charge is -2.47. The number of nitrogens with zero attached hydrogens (tertiary/aromatic N) is 4. The number of piperidine rings is 1. The molecule has 0 radical (unpaired) electrons. The molecule has 2 fully saturated rings. The highest BCUT2D eigenvalue weighted by molar-refractivity contribution is 5.82. The van der Waals surface area contributed by atoms with Crippen LogP contribution in [0.25, 0.3) is 0 Å². The second kappa shape index (κ2) is 6.00. The van der Waals surface area contributed by atoms with Crippen molar-refractivity contribution in [3.05, 3.63) is 30.1 Å². The van der Waals surface area contributed by atoms with E-state index >= 15 is 0 Å². The number of rotatable bonds is 2. The molecule has 1 atom stereocenters. The summed E-state index contributed by atoms with van der Waals surface area (Å²) < 4.78 is 1.80. The minimum atomic E-state index is -0.176. The zero-order valence-corrected chi connectivity index (χ0v) is 15.0. The molecule has 2 aliphatic heterocycles. The van der Waals surface area contributed by atoms with Crippen molar-refractivity contribution in [2.24, 2.45) is 13.0 Å². The van der Waals surface area contributed by atoms with Crippen molar-refractivity contribution in [1.29, 1.82) is 0 Å². The summed E-state index contributed by atoms with van der Waals surface area (Å²) in [5.74, 6) is 0.786. The zero-order chi connectivity index (χ0) is 17.6. The van der Waals surface area contributed by atoms with Crippen LogP contribution < -0.4 is 0 Å². The fourth-order valence-corrected chi connectivity index (χ4v) is 4.91. The van der Waals surface area contributed by atoms with Crippen LogP contribution in [0.4, 0.5) is 0 Å². The third-order valence-electron chi connectivity index (χ3n) is 6.49. The monoisotopic (exact) mass is 342 g/mol. The minimum Gasteiger partial charge on any atom is -0.342 e. The van der Waals surface area contributed by atoms with Gasteiger partial charge in [0, 0.05) is 51.6 Å². The molecular formula is C19H26N4O2. The number of amides is 2. The van der Waals surface area contributed by atoms with Gasteiger partial charge in [0.25, 0.3) is 0 Å². The number of hydrogen-bond acceptors (Lipinski definition) is 3. The molecule has 3 heterocycles. The predicted octanol–water partition coefficient (Wildman–Crippen LogP) is 1.69. The molecule has 6 heteroatoms. The average Bonchev–Trinajstić information content (AvgIpc) is 3.33. The van der Waals surface area contributed by atoms with Crippen molar-refractivity contribution in [2.75, 3.05) is 20.1 Å². The number of allylic oxidation sites excluding steroid dienone is 2. The van der Waals surface area contributed by atoms with E-state index in [-0.39, 0.29) is 29.2 Å². The maximum Gasteiger partial charge on any atom is 0.226 e. The van der Waals surface area contributed by atoms with Crippen molar-refractivity contribution in [3.63, 3.8) is 0 Å². The van der Waals surface area contributed by atoms with Crippen molar-refractivity contribution in [1.82, 2.24) is 19.6 Å². The molecular weight excluding hydrogens is 316 g/mol. The van der Waals surface area contributed by atoms with E-state index < -0.39 is 0 Å². The number of likely N-dealkylation sites (tertiary alicyclic amines) is 2. The summed E-state index contributed by atoms with van der Waals surface area (Å²) in [6, 6.07) is 0. The summed E-state index contributed by atoms with van der Waals surface area (Å²) in [7, 11) is 3.84. The summed E-state index contributed by atoms with van der Waals surface area (Å²) >= 11 is 0. The molecule has 0 aromatic carbocycles. The van der Waals surface area contributed by atoms with Gasteiger partial charge < -0.3 is 9.80 Å². The summed E-state index contributed by atoms with van der Waals surface area (Å²) in [6.07, 6.45) is 12.1. The van der Waals surface area contributed by atoms with Gasteiger partial charge >= 0.3 is 0 Å². The summed E-state index contributed by atoms with van der Waals surface area (Å²) in [5, 5.41) is 4.30. The highest BCUT2D eigenvalue weighted by Crippen LogP contribution is 2.48. The topological polar surface area (TPSA) is 58.4 Å². The molecule has 1 spiro atoms. The molecule has 1 aliphatic carbocycles. The highest BCUT2D eigenvalue weighted by atomic mass is 16.2. The molecule has 1 aromatic rings. The Morgan fingerprint density at radius 2 is 1.88 bits per heavy atom. The Morgan fingerprint density at radius 1 is 1.20 bits per heavy atom. The Morgan fingerprint density at radius 3 is 2.48 bits per heavy atom. The first-order chi connectivity index (χ1) is 12.0. The largest absolute Gasteiger partial charge is 0.342 e. The molecule has 4 rings (SSSR count). The standard InChI is InChI=1S/C19H26N4O2/c1-21-13-15(12-20-21)16-11-17(24)22(2)19(16)7-9-23(10-8-19)18(25)14-5-3-4-6-14/h3-4,12-14,16H,5-11H2,1-2H3. The molecule has 2 saturated heterocycles. The molecule has 0 saturated carbocycles. The molecule has 2 amide bonds. The van der Waals surface area contributed by atoms with E-state index in [0.717, 1.165) is 44.3 Å². The zero-order valence-electron chi connectivity index (χ0n) is 15.0. The Labute approximate surface area is 148 Å². The molecule has 1 aromatic heterocycles. The lowest BCUT2D eigenvalue weighted by molar-refractivity contribution is -0.138. The van der Waals surface area contributed by atoms with E-state index in [4.69, 9.17) is 0 Å². The smallest absolute Gasteiger partial charge is 0.226 e. The number of likely N-dealkylation sites (N-methyl/N-ethyl adjacent to an activating group) is 1. The van der Waals surface area contributed by atoms with Gasteiger partial charge in [0.2, 0.25) is 11.8 Å². The van der Waals surface area contributed by atoms with E-state index in [1.165, 1.54) is 0 Å². The van der Waals surface area contributed by atoms with Crippen LogP contribution in [0.5, 0.6) is 0 Å². The lowest BCUT2D eigenvalue weighted by atomic mass is 9.74. The van der Waals surface area contributed by atoms with Crippen LogP contribution in [-0.2, 0) is 16.6 Å². The number of hydrogen-bond donors (Lipinski definition) is 0.